The largest absolute Gasteiger partial charge is 0.384 e. The average molecular weight is 187 g/mol. The van der Waals surface area contributed by atoms with Gasteiger partial charge in [-0.15, -0.1) is 0 Å². The fraction of sp³-hybridized carbons (Fsp3) is 0. The third kappa shape index (κ3) is 4.58. The summed E-state index contributed by atoms with van der Waals surface area (Å²) in [6, 6.07) is 0. The minimum absolute atomic E-state index is 0.267. The van der Waals surface area contributed by atoms with Crippen molar-refractivity contribution in [1.82, 2.24) is 4.84 Å². The minimum atomic E-state index is 0.267. The van der Waals surface area contributed by atoms with E-state index >= 15 is 0 Å². The van der Waals surface area contributed by atoms with Gasteiger partial charge in [-0.3, -0.25) is 4.84 Å². The molecule has 0 atom stereocenters. The van der Waals surface area contributed by atoms with Gasteiger partial charge in [0, 0.05) is 11.8 Å². The molecule has 0 aromatic carbocycles. The van der Waals surface area contributed by atoms with Crippen LogP contribution in [0.25, 0.3) is 0 Å². The van der Waals surface area contributed by atoms with Crippen LogP contribution < -0.4 is 10.6 Å². The predicted octanol–water partition coefficient (Wildman–Crippen LogP) is 0.992. The molecule has 0 unspecified atom stereocenters. The SMILES string of the molecule is NC(=S)SC(=S)NCl. The first-order chi connectivity index (χ1) is 3.66. The summed E-state index contributed by atoms with van der Waals surface area (Å²) in [5.41, 5.74) is 5.08. The van der Waals surface area contributed by atoms with Crippen LogP contribution >= 0.6 is 48.0 Å². The van der Waals surface area contributed by atoms with Crippen LogP contribution in [0.3, 0.4) is 0 Å². The fourth-order valence-corrected chi connectivity index (χ4v) is 1.13. The molecule has 0 fully saturated rings. The van der Waals surface area contributed by atoms with Crippen LogP contribution in [0, 0.1) is 0 Å². The molecule has 6 heteroatoms. The van der Waals surface area contributed by atoms with Crippen LogP contribution in [0.4, 0.5) is 0 Å². The predicted molar refractivity (Wildman–Crippen MR) is 46.0 cm³/mol. The van der Waals surface area contributed by atoms with Gasteiger partial charge in [0.25, 0.3) is 0 Å². The highest BCUT2D eigenvalue weighted by Crippen LogP contribution is 2.00. The molecule has 0 aliphatic rings. The molecule has 0 saturated carbocycles. The third-order valence-corrected chi connectivity index (χ3v) is 1.77. The zero-order chi connectivity index (χ0) is 6.57. The van der Waals surface area contributed by atoms with Gasteiger partial charge in [0.2, 0.25) is 0 Å². The molecule has 0 aliphatic heterocycles. The number of nitrogens with two attached hydrogens (primary N) is 1. The van der Waals surface area contributed by atoms with Gasteiger partial charge in [0.15, 0.2) is 4.32 Å². The molecule has 0 aliphatic carbocycles. The summed E-state index contributed by atoms with van der Waals surface area (Å²) >= 11 is 15.2. The van der Waals surface area contributed by atoms with Crippen LogP contribution in [-0.4, -0.2) is 8.64 Å². The van der Waals surface area contributed by atoms with Gasteiger partial charge < -0.3 is 5.73 Å². The third-order valence-electron chi connectivity index (χ3n) is 0.270. The molecule has 0 rings (SSSR count). The molecular formula is C2H3ClN2S3. The van der Waals surface area contributed by atoms with Crippen molar-refractivity contribution in [3.8, 4) is 0 Å². The lowest BCUT2D eigenvalue weighted by Crippen LogP contribution is -2.11. The van der Waals surface area contributed by atoms with E-state index < -0.39 is 0 Å². The van der Waals surface area contributed by atoms with E-state index in [2.05, 4.69) is 29.3 Å². The second-order valence-electron chi connectivity index (χ2n) is 0.803. The highest BCUT2D eigenvalue weighted by Gasteiger charge is 1.94. The van der Waals surface area contributed by atoms with Crippen LogP contribution in [0.1, 0.15) is 0 Å². The molecule has 46 valence electrons. The molecule has 0 spiro atoms. The molecular weight excluding hydrogens is 184 g/mol. The van der Waals surface area contributed by atoms with Crippen molar-refractivity contribution in [2.45, 2.75) is 0 Å². The van der Waals surface area contributed by atoms with Crippen molar-refractivity contribution < 1.29 is 0 Å². The average Bonchev–Trinajstić information content (AvgIpc) is 1.65. The number of thioether (sulfide) groups is 1. The van der Waals surface area contributed by atoms with E-state index in [1.165, 1.54) is 0 Å². The zero-order valence-electron chi connectivity index (χ0n) is 3.68. The Morgan fingerprint density at radius 2 is 2.12 bits per heavy atom. The van der Waals surface area contributed by atoms with Gasteiger partial charge in [-0.2, -0.15) is 0 Å². The van der Waals surface area contributed by atoms with Gasteiger partial charge in [0.1, 0.15) is 4.32 Å². The Kier molecular flexibility index (Phi) is 4.54. The van der Waals surface area contributed by atoms with E-state index in [9.17, 15) is 0 Å². The molecule has 0 amide bonds. The number of rotatable bonds is 0. The molecule has 0 heterocycles. The van der Waals surface area contributed by atoms with Gasteiger partial charge >= 0.3 is 0 Å². The highest BCUT2D eigenvalue weighted by atomic mass is 35.5. The van der Waals surface area contributed by atoms with Crippen molar-refractivity contribution in [3.63, 3.8) is 0 Å². The maximum absolute atomic E-state index is 5.08. The summed E-state index contributed by atoms with van der Waals surface area (Å²) in [7, 11) is 0. The van der Waals surface area contributed by atoms with Gasteiger partial charge in [-0.1, -0.05) is 24.4 Å². The highest BCUT2D eigenvalue weighted by molar-refractivity contribution is 8.37. The topological polar surface area (TPSA) is 38.0 Å². The number of thiocarbonyl (C=S) groups is 2. The molecule has 0 aromatic rings. The minimum Gasteiger partial charge on any atom is -0.384 e. The summed E-state index contributed by atoms with van der Waals surface area (Å²) in [6.07, 6.45) is 0. The summed E-state index contributed by atoms with van der Waals surface area (Å²) in [5, 5.41) is 0. The Morgan fingerprint density at radius 1 is 1.62 bits per heavy atom. The van der Waals surface area contributed by atoms with Crippen LogP contribution in [0.5, 0.6) is 0 Å². The first-order valence-corrected chi connectivity index (χ1v) is 3.56. The Hall–Kier alpha value is 0.420. The van der Waals surface area contributed by atoms with Crippen LogP contribution in [0.2, 0.25) is 0 Å². The van der Waals surface area contributed by atoms with E-state index in [-0.39, 0.29) is 4.32 Å². The molecule has 0 radical (unpaired) electrons. The molecule has 0 aromatic heterocycles. The zero-order valence-corrected chi connectivity index (χ0v) is 6.89. The number of nitrogens with one attached hydrogen (secondary N) is 1. The van der Waals surface area contributed by atoms with E-state index in [4.69, 9.17) is 17.5 Å². The van der Waals surface area contributed by atoms with Crippen molar-refractivity contribution in [2.75, 3.05) is 0 Å². The maximum Gasteiger partial charge on any atom is 0.155 e. The Morgan fingerprint density at radius 3 is 2.25 bits per heavy atom. The number of halogens is 1. The van der Waals surface area contributed by atoms with Crippen molar-refractivity contribution in [2.24, 2.45) is 5.73 Å². The lowest BCUT2D eigenvalue weighted by Gasteiger charge is -1.94. The van der Waals surface area contributed by atoms with E-state index in [0.29, 0.717) is 4.32 Å². The first-order valence-electron chi connectivity index (χ1n) is 1.54. The van der Waals surface area contributed by atoms with E-state index in [1.807, 2.05) is 0 Å². The van der Waals surface area contributed by atoms with Crippen LogP contribution in [-0.2, 0) is 0 Å². The fourth-order valence-electron chi connectivity index (χ4n) is 0.111. The Balaban J connectivity index is 3.40. The number of hydrogen-bond donors (Lipinski definition) is 2. The molecule has 8 heavy (non-hydrogen) atoms. The summed E-state index contributed by atoms with van der Waals surface area (Å²) in [6.45, 7) is 0. The smallest absolute Gasteiger partial charge is 0.155 e. The summed E-state index contributed by atoms with van der Waals surface area (Å²) in [5.74, 6) is 0. The maximum atomic E-state index is 5.08. The second kappa shape index (κ2) is 4.31. The van der Waals surface area contributed by atoms with Crippen LogP contribution in [0.15, 0.2) is 0 Å². The van der Waals surface area contributed by atoms with E-state index in [0.717, 1.165) is 11.8 Å². The quantitative estimate of drug-likeness (QED) is 0.436. The normalized spacial score (nSPS) is 8.12. The van der Waals surface area contributed by atoms with E-state index in [1.54, 1.807) is 0 Å². The first kappa shape index (κ1) is 8.42. The summed E-state index contributed by atoms with van der Waals surface area (Å²) in [4.78, 5) is 2.20. The molecule has 3 N–H and O–H groups in total. The van der Waals surface area contributed by atoms with Gasteiger partial charge in [-0.05, 0) is 11.8 Å². The Bertz CT molecular complexity index is 114. The lowest BCUT2D eigenvalue weighted by molar-refractivity contribution is 1.62. The van der Waals surface area contributed by atoms with Gasteiger partial charge in [-0.25, -0.2) is 0 Å². The standard InChI is InChI=1S/C2H3ClN2S3/c3-5-2(7)8-1(4)6/h(H2,4,6)(H,5,7). The second-order valence-corrected chi connectivity index (χ2v) is 3.41. The number of hydrogen-bond acceptors (Lipinski definition) is 3. The van der Waals surface area contributed by atoms with Crippen molar-refractivity contribution >= 4 is 56.6 Å². The lowest BCUT2D eigenvalue weighted by atomic mass is 11.5. The van der Waals surface area contributed by atoms with Crippen molar-refractivity contribution in [3.05, 3.63) is 0 Å². The monoisotopic (exact) mass is 186 g/mol. The molecule has 0 bridgehead atoms. The summed E-state index contributed by atoms with van der Waals surface area (Å²) < 4.78 is 0.641. The van der Waals surface area contributed by atoms with Gasteiger partial charge in [0.05, 0.1) is 0 Å². The van der Waals surface area contributed by atoms with Crippen molar-refractivity contribution in [1.29, 1.82) is 0 Å². The Labute approximate surface area is 67.2 Å². The molecule has 0 saturated heterocycles. The molecule has 2 nitrogen and oxygen atoms in total.